The van der Waals surface area contributed by atoms with Crippen molar-refractivity contribution in [1.29, 1.82) is 0 Å². The summed E-state index contributed by atoms with van der Waals surface area (Å²) in [4.78, 5) is 11.8. The van der Waals surface area contributed by atoms with E-state index in [1.54, 1.807) is 0 Å². The van der Waals surface area contributed by atoms with Crippen LogP contribution in [0.3, 0.4) is 0 Å². The summed E-state index contributed by atoms with van der Waals surface area (Å²) in [5, 5.41) is 13.0. The second-order valence-corrected chi connectivity index (χ2v) is 5.41. The highest BCUT2D eigenvalue weighted by Gasteiger charge is 2.31. The first-order chi connectivity index (χ1) is 9.09. The van der Waals surface area contributed by atoms with Gasteiger partial charge in [-0.15, -0.1) is 0 Å². The van der Waals surface area contributed by atoms with E-state index in [4.69, 9.17) is 5.73 Å². The number of anilines is 1. The first kappa shape index (κ1) is 13.9. The molecule has 0 radical (unpaired) electrons. The highest BCUT2D eigenvalue weighted by molar-refractivity contribution is 5.76. The molecule has 1 fully saturated rings. The van der Waals surface area contributed by atoms with E-state index < -0.39 is 5.60 Å². The summed E-state index contributed by atoms with van der Waals surface area (Å²) < 4.78 is 0. The summed E-state index contributed by atoms with van der Waals surface area (Å²) >= 11 is 0. The average Bonchev–Trinajstić information content (AvgIpc) is 2.83. The zero-order valence-electron chi connectivity index (χ0n) is 11.2. The van der Waals surface area contributed by atoms with Gasteiger partial charge in [-0.05, 0) is 30.9 Å². The molecule has 1 amide bonds. The minimum Gasteiger partial charge on any atom is -0.399 e. The molecule has 2 rings (SSSR count). The average molecular weight is 262 g/mol. The molecule has 0 spiro atoms. The molecule has 4 nitrogen and oxygen atoms in total. The summed E-state index contributed by atoms with van der Waals surface area (Å²) in [5.41, 5.74) is 6.87. The van der Waals surface area contributed by atoms with E-state index in [2.05, 4.69) is 5.32 Å². The standard InChI is InChI=1S/C15H22N2O2/c16-13-6-2-1-5-12(13)7-8-14(18)17-11-15(19)9-3-4-10-15/h1-2,5-6,19H,3-4,7-11,16H2,(H,17,18). The van der Waals surface area contributed by atoms with Crippen LogP contribution in [0, 0.1) is 0 Å². The Bertz CT molecular complexity index is 440. The highest BCUT2D eigenvalue weighted by atomic mass is 16.3. The number of nitrogens with one attached hydrogen (secondary N) is 1. The molecule has 4 N–H and O–H groups in total. The maximum Gasteiger partial charge on any atom is 0.220 e. The van der Waals surface area contributed by atoms with Gasteiger partial charge in [-0.1, -0.05) is 31.0 Å². The van der Waals surface area contributed by atoms with Gasteiger partial charge in [0.1, 0.15) is 0 Å². The lowest BCUT2D eigenvalue weighted by atomic mass is 10.0. The smallest absolute Gasteiger partial charge is 0.220 e. The number of rotatable bonds is 5. The molecule has 0 unspecified atom stereocenters. The van der Waals surface area contributed by atoms with Gasteiger partial charge in [0.25, 0.3) is 0 Å². The summed E-state index contributed by atoms with van der Waals surface area (Å²) in [6, 6.07) is 7.58. The van der Waals surface area contributed by atoms with E-state index in [0.717, 1.165) is 36.9 Å². The van der Waals surface area contributed by atoms with Crippen molar-refractivity contribution < 1.29 is 9.90 Å². The van der Waals surface area contributed by atoms with Gasteiger partial charge in [-0.25, -0.2) is 0 Å². The predicted octanol–water partition coefficient (Wildman–Crippen LogP) is 1.62. The molecule has 0 aromatic heterocycles. The Balaban J connectivity index is 1.74. The molecule has 1 aliphatic carbocycles. The third-order valence-electron chi connectivity index (χ3n) is 3.83. The Kier molecular flexibility index (Phi) is 4.43. The molecular weight excluding hydrogens is 240 g/mol. The topological polar surface area (TPSA) is 75.4 Å². The van der Waals surface area contributed by atoms with Gasteiger partial charge in [0, 0.05) is 18.7 Å². The summed E-state index contributed by atoms with van der Waals surface area (Å²) in [5.74, 6) is -0.0245. The van der Waals surface area contributed by atoms with Crippen molar-refractivity contribution in [3.8, 4) is 0 Å². The number of carbonyl (C=O) groups excluding carboxylic acids is 1. The van der Waals surface area contributed by atoms with E-state index in [1.165, 1.54) is 0 Å². The number of aliphatic hydroxyl groups is 1. The molecule has 19 heavy (non-hydrogen) atoms. The number of carbonyl (C=O) groups is 1. The second kappa shape index (κ2) is 6.06. The molecule has 0 saturated heterocycles. The lowest BCUT2D eigenvalue weighted by Crippen LogP contribution is -2.40. The zero-order chi connectivity index (χ0) is 13.7. The van der Waals surface area contributed by atoms with Crippen LogP contribution in [0.1, 0.15) is 37.7 Å². The molecule has 1 aliphatic rings. The van der Waals surface area contributed by atoms with Crippen molar-refractivity contribution in [3.63, 3.8) is 0 Å². The van der Waals surface area contributed by atoms with Gasteiger partial charge >= 0.3 is 0 Å². The van der Waals surface area contributed by atoms with E-state index in [9.17, 15) is 9.90 Å². The summed E-state index contributed by atoms with van der Waals surface area (Å²) in [6.07, 6.45) is 4.72. The molecule has 0 heterocycles. The van der Waals surface area contributed by atoms with Crippen LogP contribution in [-0.4, -0.2) is 23.2 Å². The van der Waals surface area contributed by atoms with Gasteiger partial charge in [0.05, 0.1) is 5.60 Å². The number of nitrogen functional groups attached to an aromatic ring is 1. The van der Waals surface area contributed by atoms with Crippen LogP contribution in [0.25, 0.3) is 0 Å². The Labute approximate surface area is 114 Å². The van der Waals surface area contributed by atoms with Crippen LogP contribution >= 0.6 is 0 Å². The van der Waals surface area contributed by atoms with Crippen molar-refractivity contribution in [2.45, 2.75) is 44.1 Å². The summed E-state index contributed by atoms with van der Waals surface area (Å²) in [7, 11) is 0. The molecule has 4 heteroatoms. The first-order valence-corrected chi connectivity index (χ1v) is 6.92. The lowest BCUT2D eigenvalue weighted by Gasteiger charge is -2.22. The fourth-order valence-corrected chi connectivity index (χ4v) is 2.57. The number of nitrogens with two attached hydrogens (primary N) is 1. The third-order valence-corrected chi connectivity index (χ3v) is 3.83. The molecule has 0 atom stereocenters. The summed E-state index contributed by atoms with van der Waals surface area (Å²) in [6.45, 7) is 0.371. The molecule has 1 aromatic carbocycles. The minimum atomic E-state index is -0.679. The number of para-hydroxylation sites is 1. The van der Waals surface area contributed by atoms with Gasteiger partial charge in [-0.3, -0.25) is 4.79 Å². The van der Waals surface area contributed by atoms with E-state index in [0.29, 0.717) is 19.4 Å². The molecule has 104 valence electrons. The largest absolute Gasteiger partial charge is 0.399 e. The number of amides is 1. The van der Waals surface area contributed by atoms with Crippen molar-refractivity contribution in [2.24, 2.45) is 0 Å². The van der Waals surface area contributed by atoms with E-state index >= 15 is 0 Å². The SMILES string of the molecule is Nc1ccccc1CCC(=O)NCC1(O)CCCC1. The van der Waals surface area contributed by atoms with Crippen molar-refractivity contribution in [1.82, 2.24) is 5.32 Å². The van der Waals surface area contributed by atoms with E-state index in [1.807, 2.05) is 24.3 Å². The zero-order valence-corrected chi connectivity index (χ0v) is 11.2. The number of benzene rings is 1. The van der Waals surface area contributed by atoms with Crippen LogP contribution < -0.4 is 11.1 Å². The van der Waals surface area contributed by atoms with Gasteiger partial charge in [0.2, 0.25) is 5.91 Å². The molecule has 1 aromatic rings. The molecule has 0 aliphatic heterocycles. The first-order valence-electron chi connectivity index (χ1n) is 6.92. The van der Waals surface area contributed by atoms with Crippen molar-refractivity contribution >= 4 is 11.6 Å². The van der Waals surface area contributed by atoms with Gasteiger partial charge in [0.15, 0.2) is 0 Å². The Hall–Kier alpha value is -1.55. The Morgan fingerprint density at radius 2 is 2.00 bits per heavy atom. The third kappa shape index (κ3) is 3.96. The number of aryl methyl sites for hydroxylation is 1. The fraction of sp³-hybridized carbons (Fsp3) is 0.533. The number of hydrogen-bond donors (Lipinski definition) is 3. The Morgan fingerprint density at radius 3 is 2.68 bits per heavy atom. The van der Waals surface area contributed by atoms with Gasteiger partial charge < -0.3 is 16.2 Å². The van der Waals surface area contributed by atoms with Gasteiger partial charge in [-0.2, -0.15) is 0 Å². The quantitative estimate of drug-likeness (QED) is 0.706. The van der Waals surface area contributed by atoms with Crippen LogP contribution in [0.4, 0.5) is 5.69 Å². The van der Waals surface area contributed by atoms with Crippen LogP contribution in [-0.2, 0) is 11.2 Å². The highest BCUT2D eigenvalue weighted by Crippen LogP contribution is 2.28. The maximum atomic E-state index is 11.8. The normalized spacial score (nSPS) is 17.3. The fourth-order valence-electron chi connectivity index (χ4n) is 2.57. The second-order valence-electron chi connectivity index (χ2n) is 5.41. The van der Waals surface area contributed by atoms with E-state index in [-0.39, 0.29) is 5.91 Å². The Morgan fingerprint density at radius 1 is 1.32 bits per heavy atom. The number of hydrogen-bond acceptors (Lipinski definition) is 3. The molecule has 0 bridgehead atoms. The molecule has 1 saturated carbocycles. The monoisotopic (exact) mass is 262 g/mol. The van der Waals surface area contributed by atoms with Crippen LogP contribution in [0.15, 0.2) is 24.3 Å². The van der Waals surface area contributed by atoms with Crippen molar-refractivity contribution in [2.75, 3.05) is 12.3 Å². The maximum absolute atomic E-state index is 11.8. The van der Waals surface area contributed by atoms with Crippen LogP contribution in [0.5, 0.6) is 0 Å². The molecular formula is C15H22N2O2. The van der Waals surface area contributed by atoms with Crippen LogP contribution in [0.2, 0.25) is 0 Å². The van der Waals surface area contributed by atoms with Crippen molar-refractivity contribution in [3.05, 3.63) is 29.8 Å². The lowest BCUT2D eigenvalue weighted by molar-refractivity contribution is -0.122. The minimum absolute atomic E-state index is 0.0245. The predicted molar refractivity (Wildman–Crippen MR) is 75.6 cm³/mol.